The maximum Gasteiger partial charge on any atom is 0.178 e. The summed E-state index contributed by atoms with van der Waals surface area (Å²) in [7, 11) is 0. The molecule has 2 rings (SSSR count). The van der Waals surface area contributed by atoms with E-state index < -0.39 is 0 Å². The molecule has 2 heterocycles. The molecule has 5 nitrogen and oxygen atoms in total. The number of nitrogens with two attached hydrogens (primary N) is 1. The minimum absolute atomic E-state index is 0.762. The standard InChI is InChI=1S/C4H5N5/c5-9-2-1-4-7-6-3-8(4)9/h1-3H,5H2. The zero-order valence-electron chi connectivity index (χ0n) is 4.60. The molecule has 0 saturated heterocycles. The summed E-state index contributed by atoms with van der Waals surface area (Å²) >= 11 is 0. The highest BCUT2D eigenvalue weighted by atomic mass is 15.5. The molecule has 0 fully saturated rings. The predicted octanol–water partition coefficient (Wildman–Crippen LogP) is -0.755. The second-order valence-corrected chi connectivity index (χ2v) is 1.73. The summed E-state index contributed by atoms with van der Waals surface area (Å²) in [4.78, 5) is 1.41. The lowest BCUT2D eigenvalue weighted by atomic mass is 10.7. The maximum atomic E-state index is 5.42. The van der Waals surface area contributed by atoms with Crippen molar-refractivity contribution in [3.8, 4) is 0 Å². The molecule has 0 amide bonds. The summed E-state index contributed by atoms with van der Waals surface area (Å²) in [5.41, 5.74) is 0.762. The summed E-state index contributed by atoms with van der Waals surface area (Å²) in [5, 5.41) is 7.39. The Labute approximate surface area is 50.7 Å². The van der Waals surface area contributed by atoms with Crippen molar-refractivity contribution in [1.82, 2.24) is 19.5 Å². The fourth-order valence-corrected chi connectivity index (χ4v) is 0.741. The van der Waals surface area contributed by atoms with E-state index in [1.54, 1.807) is 23.1 Å². The van der Waals surface area contributed by atoms with Crippen LogP contribution in [0.3, 0.4) is 0 Å². The molecule has 2 aromatic heterocycles. The zero-order chi connectivity index (χ0) is 6.27. The zero-order valence-corrected chi connectivity index (χ0v) is 4.60. The van der Waals surface area contributed by atoms with Gasteiger partial charge in [0.25, 0.3) is 0 Å². The largest absolute Gasteiger partial charge is 0.324 e. The van der Waals surface area contributed by atoms with Crippen LogP contribution in [0, 0.1) is 0 Å². The third-order valence-electron chi connectivity index (χ3n) is 1.18. The fraction of sp³-hybridized carbons (Fsp3) is 0. The molecule has 0 aromatic carbocycles. The second-order valence-electron chi connectivity index (χ2n) is 1.73. The van der Waals surface area contributed by atoms with Crippen LogP contribution < -0.4 is 5.84 Å². The first-order valence-corrected chi connectivity index (χ1v) is 2.50. The van der Waals surface area contributed by atoms with Crippen LogP contribution in [0.1, 0.15) is 0 Å². The summed E-state index contributed by atoms with van der Waals surface area (Å²) in [5.74, 6) is 5.42. The first kappa shape index (κ1) is 4.37. The van der Waals surface area contributed by atoms with Gasteiger partial charge < -0.3 is 5.84 Å². The van der Waals surface area contributed by atoms with Crippen LogP contribution in [0.4, 0.5) is 0 Å². The Kier molecular flexibility index (Phi) is 0.606. The van der Waals surface area contributed by atoms with Crippen LogP contribution >= 0.6 is 0 Å². The van der Waals surface area contributed by atoms with E-state index in [0.29, 0.717) is 0 Å². The quantitative estimate of drug-likeness (QED) is 0.468. The predicted molar refractivity (Wildman–Crippen MR) is 31.1 cm³/mol. The number of hydrogen-bond donors (Lipinski definition) is 1. The Hall–Kier alpha value is -1.52. The normalized spacial score (nSPS) is 10.7. The van der Waals surface area contributed by atoms with Gasteiger partial charge in [-0.2, -0.15) is 0 Å². The second kappa shape index (κ2) is 1.25. The molecule has 0 aliphatic heterocycles. The van der Waals surface area contributed by atoms with Crippen molar-refractivity contribution >= 4 is 5.65 Å². The SMILES string of the molecule is Nn1ccc2nncn21. The molecule has 46 valence electrons. The molecular formula is C4H5N5. The maximum absolute atomic E-state index is 5.42. The Morgan fingerprint density at radius 1 is 1.56 bits per heavy atom. The molecule has 0 spiro atoms. The summed E-state index contributed by atoms with van der Waals surface area (Å²) in [6.07, 6.45) is 3.26. The van der Waals surface area contributed by atoms with Crippen molar-refractivity contribution in [3.63, 3.8) is 0 Å². The van der Waals surface area contributed by atoms with E-state index in [9.17, 15) is 0 Å². The van der Waals surface area contributed by atoms with E-state index in [1.807, 2.05) is 0 Å². The average molecular weight is 123 g/mol. The number of hydrogen-bond acceptors (Lipinski definition) is 3. The molecule has 2 N–H and O–H groups in total. The van der Waals surface area contributed by atoms with Gasteiger partial charge in [-0.05, 0) is 0 Å². The van der Waals surface area contributed by atoms with E-state index in [4.69, 9.17) is 5.84 Å². The summed E-state index contributed by atoms with van der Waals surface area (Å²) in [6, 6.07) is 1.78. The first-order valence-electron chi connectivity index (χ1n) is 2.50. The molecule has 0 bridgehead atoms. The van der Waals surface area contributed by atoms with Crippen molar-refractivity contribution in [3.05, 3.63) is 18.6 Å². The minimum Gasteiger partial charge on any atom is -0.324 e. The molecular weight excluding hydrogens is 118 g/mol. The molecule has 0 saturated carbocycles. The van der Waals surface area contributed by atoms with Gasteiger partial charge in [-0.25, -0.2) is 9.31 Å². The van der Waals surface area contributed by atoms with Crippen molar-refractivity contribution in [2.75, 3.05) is 5.84 Å². The van der Waals surface area contributed by atoms with Gasteiger partial charge in [-0.15, -0.1) is 10.2 Å². The molecule has 0 unspecified atom stereocenters. The highest BCUT2D eigenvalue weighted by Gasteiger charge is 1.94. The van der Waals surface area contributed by atoms with Gasteiger partial charge in [0.15, 0.2) is 5.65 Å². The van der Waals surface area contributed by atoms with Gasteiger partial charge in [0.1, 0.15) is 6.33 Å². The van der Waals surface area contributed by atoms with Crippen molar-refractivity contribution in [1.29, 1.82) is 0 Å². The van der Waals surface area contributed by atoms with E-state index in [2.05, 4.69) is 10.2 Å². The summed E-state index contributed by atoms with van der Waals surface area (Å²) < 4.78 is 1.64. The lowest BCUT2D eigenvalue weighted by Gasteiger charge is -1.89. The van der Waals surface area contributed by atoms with E-state index in [0.717, 1.165) is 5.65 Å². The molecule has 5 heteroatoms. The number of aromatic nitrogens is 4. The third-order valence-corrected chi connectivity index (χ3v) is 1.18. The van der Waals surface area contributed by atoms with Gasteiger partial charge in [0.2, 0.25) is 0 Å². The van der Waals surface area contributed by atoms with E-state index >= 15 is 0 Å². The molecule has 0 radical (unpaired) electrons. The molecule has 2 aromatic rings. The van der Waals surface area contributed by atoms with Crippen LogP contribution in [0.25, 0.3) is 5.65 Å². The van der Waals surface area contributed by atoms with Crippen LogP contribution in [0.2, 0.25) is 0 Å². The first-order chi connectivity index (χ1) is 4.38. The van der Waals surface area contributed by atoms with E-state index in [-0.39, 0.29) is 0 Å². The Bertz CT molecular complexity index is 318. The Morgan fingerprint density at radius 2 is 2.44 bits per heavy atom. The average Bonchev–Trinajstić information content (AvgIpc) is 2.35. The number of nitrogen functional groups attached to an aromatic ring is 1. The molecule has 0 aliphatic carbocycles. The van der Waals surface area contributed by atoms with Crippen LogP contribution in [0.15, 0.2) is 18.6 Å². The van der Waals surface area contributed by atoms with Gasteiger partial charge in [-0.1, -0.05) is 0 Å². The fourth-order valence-electron chi connectivity index (χ4n) is 0.741. The Balaban J connectivity index is 2.99. The van der Waals surface area contributed by atoms with Crippen molar-refractivity contribution in [2.24, 2.45) is 0 Å². The van der Waals surface area contributed by atoms with Crippen molar-refractivity contribution in [2.45, 2.75) is 0 Å². The Morgan fingerprint density at radius 3 is 3.22 bits per heavy atom. The summed E-state index contributed by atoms with van der Waals surface area (Å²) in [6.45, 7) is 0. The third kappa shape index (κ3) is 0.426. The van der Waals surface area contributed by atoms with Gasteiger partial charge in [0, 0.05) is 12.3 Å². The monoisotopic (exact) mass is 123 g/mol. The lowest BCUT2D eigenvalue weighted by molar-refractivity contribution is 0.756. The topological polar surface area (TPSA) is 61.1 Å². The number of fused-ring (bicyclic) bond motifs is 1. The van der Waals surface area contributed by atoms with Crippen LogP contribution in [-0.2, 0) is 0 Å². The van der Waals surface area contributed by atoms with Crippen LogP contribution in [0.5, 0.6) is 0 Å². The minimum atomic E-state index is 0.762. The number of nitrogens with zero attached hydrogens (tertiary/aromatic N) is 4. The van der Waals surface area contributed by atoms with Gasteiger partial charge in [-0.3, -0.25) is 0 Å². The smallest absolute Gasteiger partial charge is 0.178 e. The number of rotatable bonds is 0. The van der Waals surface area contributed by atoms with Gasteiger partial charge >= 0.3 is 0 Å². The highest BCUT2D eigenvalue weighted by molar-refractivity contribution is 5.33. The van der Waals surface area contributed by atoms with E-state index in [1.165, 1.54) is 4.79 Å². The highest BCUT2D eigenvalue weighted by Crippen LogP contribution is 1.93. The molecule has 0 atom stereocenters. The lowest BCUT2D eigenvalue weighted by Crippen LogP contribution is -2.12. The molecule has 0 aliphatic rings. The molecule has 9 heavy (non-hydrogen) atoms. The van der Waals surface area contributed by atoms with Crippen molar-refractivity contribution < 1.29 is 0 Å². The van der Waals surface area contributed by atoms with Crippen LogP contribution in [-0.4, -0.2) is 19.5 Å². The van der Waals surface area contributed by atoms with Gasteiger partial charge in [0.05, 0.1) is 0 Å².